The first-order chi connectivity index (χ1) is 3.93. The fraction of sp³-hybridized carbons (Fsp3) is 0.857. The van der Waals surface area contributed by atoms with Crippen molar-refractivity contribution in [1.29, 1.82) is 0 Å². The van der Waals surface area contributed by atoms with Gasteiger partial charge in [-0.3, -0.25) is 4.99 Å². The van der Waals surface area contributed by atoms with Crippen LogP contribution in [0.25, 0.3) is 0 Å². The van der Waals surface area contributed by atoms with Gasteiger partial charge < -0.3 is 0 Å². The van der Waals surface area contributed by atoms with Crippen molar-refractivity contribution >= 4 is 6.72 Å². The van der Waals surface area contributed by atoms with Crippen LogP contribution in [-0.2, 0) is 0 Å². The van der Waals surface area contributed by atoms with Crippen molar-refractivity contribution in [2.24, 2.45) is 4.99 Å². The molecule has 0 N–H and O–H groups in total. The van der Waals surface area contributed by atoms with Crippen LogP contribution in [-0.4, -0.2) is 12.8 Å². The fourth-order valence-corrected chi connectivity index (χ4v) is 1.26. The zero-order chi connectivity index (χ0) is 5.82. The summed E-state index contributed by atoms with van der Waals surface area (Å²) >= 11 is 0. The molecule has 1 aliphatic rings. The van der Waals surface area contributed by atoms with Crippen LogP contribution < -0.4 is 0 Å². The summed E-state index contributed by atoms with van der Waals surface area (Å²) in [5.41, 5.74) is 0. The maximum atomic E-state index is 4.00. The number of nitrogens with zero attached hydrogens (tertiary/aromatic N) is 1. The Hall–Kier alpha value is -0.330. The lowest BCUT2D eigenvalue weighted by molar-refractivity contribution is 0.445. The Morgan fingerprint density at radius 1 is 1.12 bits per heavy atom. The average molecular weight is 111 g/mol. The summed E-state index contributed by atoms with van der Waals surface area (Å²) in [6.45, 7) is 3.53. The molecule has 8 heavy (non-hydrogen) atoms. The van der Waals surface area contributed by atoms with Crippen LogP contribution in [0.5, 0.6) is 0 Å². The Bertz CT molecular complexity index is 72.5. The lowest BCUT2D eigenvalue weighted by atomic mass is 9.96. The molecule has 0 radical (unpaired) electrons. The summed E-state index contributed by atoms with van der Waals surface area (Å²) in [5.74, 6) is 0. The van der Waals surface area contributed by atoms with E-state index >= 15 is 0 Å². The minimum absolute atomic E-state index is 0.601. The van der Waals surface area contributed by atoms with Crippen molar-refractivity contribution in [3.63, 3.8) is 0 Å². The minimum atomic E-state index is 0.601. The van der Waals surface area contributed by atoms with E-state index in [1.54, 1.807) is 0 Å². The second kappa shape index (κ2) is 2.85. The van der Waals surface area contributed by atoms with Gasteiger partial charge in [-0.1, -0.05) is 19.3 Å². The van der Waals surface area contributed by atoms with E-state index in [1.807, 2.05) is 0 Å². The van der Waals surface area contributed by atoms with Crippen LogP contribution in [0.3, 0.4) is 0 Å². The highest BCUT2D eigenvalue weighted by Gasteiger charge is 2.09. The summed E-state index contributed by atoms with van der Waals surface area (Å²) in [4.78, 5) is 4.00. The van der Waals surface area contributed by atoms with Crippen LogP contribution in [0.15, 0.2) is 4.99 Å². The zero-order valence-electron chi connectivity index (χ0n) is 5.27. The number of hydrogen-bond donors (Lipinski definition) is 0. The van der Waals surface area contributed by atoms with Gasteiger partial charge in [-0.15, -0.1) is 0 Å². The molecule has 0 saturated heterocycles. The Balaban J connectivity index is 2.22. The Morgan fingerprint density at radius 2 is 1.75 bits per heavy atom. The highest BCUT2D eigenvalue weighted by molar-refractivity contribution is 5.24. The quantitative estimate of drug-likeness (QED) is 0.459. The number of rotatable bonds is 1. The highest BCUT2D eigenvalue weighted by atomic mass is 14.7. The topological polar surface area (TPSA) is 12.4 Å². The molecule has 0 amide bonds. The SMILES string of the molecule is C=NC1CCCCC1. The van der Waals surface area contributed by atoms with Gasteiger partial charge in [0.1, 0.15) is 0 Å². The lowest BCUT2D eigenvalue weighted by Gasteiger charge is -2.15. The van der Waals surface area contributed by atoms with Gasteiger partial charge in [-0.2, -0.15) is 0 Å². The molecule has 1 saturated carbocycles. The molecule has 0 heterocycles. The molecule has 1 fully saturated rings. The monoisotopic (exact) mass is 111 g/mol. The van der Waals surface area contributed by atoms with E-state index < -0.39 is 0 Å². The standard InChI is InChI=1S/C7H13N/c1-8-7-5-3-2-4-6-7/h7H,1-6H2. The van der Waals surface area contributed by atoms with Crippen LogP contribution in [0.4, 0.5) is 0 Å². The fourth-order valence-electron chi connectivity index (χ4n) is 1.26. The van der Waals surface area contributed by atoms with Gasteiger partial charge in [0, 0.05) is 6.04 Å². The average Bonchev–Trinajstić information content (AvgIpc) is 1.90. The molecule has 1 rings (SSSR count). The first kappa shape index (κ1) is 5.80. The molecule has 0 aromatic carbocycles. The summed E-state index contributed by atoms with van der Waals surface area (Å²) in [6, 6.07) is 0.601. The van der Waals surface area contributed by atoms with Gasteiger partial charge in [0.15, 0.2) is 0 Å². The first-order valence-corrected chi connectivity index (χ1v) is 3.39. The van der Waals surface area contributed by atoms with Crippen LogP contribution in [0, 0.1) is 0 Å². The second-order valence-electron chi connectivity index (χ2n) is 2.47. The molecular formula is C7H13N. The number of hydrogen-bond acceptors (Lipinski definition) is 1. The molecule has 0 aromatic rings. The van der Waals surface area contributed by atoms with Gasteiger partial charge in [-0.05, 0) is 19.6 Å². The largest absolute Gasteiger partial charge is 0.298 e. The van der Waals surface area contributed by atoms with E-state index in [1.165, 1.54) is 32.1 Å². The van der Waals surface area contributed by atoms with Crippen LogP contribution >= 0.6 is 0 Å². The predicted octanol–water partition coefficient (Wildman–Crippen LogP) is 2.02. The van der Waals surface area contributed by atoms with Crippen molar-refractivity contribution in [1.82, 2.24) is 0 Å². The maximum Gasteiger partial charge on any atom is 0.0492 e. The molecule has 0 aliphatic heterocycles. The molecule has 1 aliphatic carbocycles. The van der Waals surface area contributed by atoms with E-state index in [2.05, 4.69) is 11.7 Å². The molecule has 1 heteroatoms. The third-order valence-electron chi connectivity index (χ3n) is 1.83. The minimum Gasteiger partial charge on any atom is -0.298 e. The van der Waals surface area contributed by atoms with Gasteiger partial charge in [0.25, 0.3) is 0 Å². The maximum absolute atomic E-state index is 4.00. The third-order valence-corrected chi connectivity index (χ3v) is 1.83. The van der Waals surface area contributed by atoms with Gasteiger partial charge in [0.05, 0.1) is 0 Å². The van der Waals surface area contributed by atoms with Gasteiger partial charge in [0.2, 0.25) is 0 Å². The molecule has 0 unspecified atom stereocenters. The molecule has 0 bridgehead atoms. The van der Waals surface area contributed by atoms with Crippen molar-refractivity contribution in [3.8, 4) is 0 Å². The Labute approximate surface area is 50.8 Å². The molecule has 1 nitrogen and oxygen atoms in total. The predicted molar refractivity (Wildman–Crippen MR) is 36.4 cm³/mol. The van der Waals surface area contributed by atoms with Crippen LogP contribution in [0.2, 0.25) is 0 Å². The Kier molecular flexibility index (Phi) is 2.07. The Morgan fingerprint density at radius 3 is 2.12 bits per heavy atom. The summed E-state index contributed by atoms with van der Waals surface area (Å²) < 4.78 is 0. The molecule has 0 aromatic heterocycles. The van der Waals surface area contributed by atoms with E-state index in [0.717, 1.165) is 0 Å². The van der Waals surface area contributed by atoms with E-state index in [4.69, 9.17) is 0 Å². The molecular weight excluding hydrogens is 98.1 g/mol. The van der Waals surface area contributed by atoms with Gasteiger partial charge >= 0.3 is 0 Å². The summed E-state index contributed by atoms with van der Waals surface area (Å²) in [6.07, 6.45) is 6.70. The van der Waals surface area contributed by atoms with Crippen molar-refractivity contribution in [2.45, 2.75) is 38.1 Å². The van der Waals surface area contributed by atoms with E-state index in [0.29, 0.717) is 6.04 Å². The smallest absolute Gasteiger partial charge is 0.0492 e. The van der Waals surface area contributed by atoms with Gasteiger partial charge in [-0.25, -0.2) is 0 Å². The normalized spacial score (nSPS) is 23.0. The zero-order valence-corrected chi connectivity index (χ0v) is 5.27. The van der Waals surface area contributed by atoms with Crippen molar-refractivity contribution < 1.29 is 0 Å². The summed E-state index contributed by atoms with van der Waals surface area (Å²) in [5, 5.41) is 0. The van der Waals surface area contributed by atoms with E-state index in [-0.39, 0.29) is 0 Å². The van der Waals surface area contributed by atoms with Crippen molar-refractivity contribution in [2.75, 3.05) is 0 Å². The number of aliphatic imine (C=N–C) groups is 1. The third kappa shape index (κ3) is 1.32. The van der Waals surface area contributed by atoms with Crippen LogP contribution in [0.1, 0.15) is 32.1 Å². The first-order valence-electron chi connectivity index (χ1n) is 3.39. The highest BCUT2D eigenvalue weighted by Crippen LogP contribution is 2.19. The molecule has 46 valence electrons. The van der Waals surface area contributed by atoms with Crippen molar-refractivity contribution in [3.05, 3.63) is 0 Å². The lowest BCUT2D eigenvalue weighted by Crippen LogP contribution is -2.08. The molecule has 0 spiro atoms. The van der Waals surface area contributed by atoms with E-state index in [9.17, 15) is 0 Å². The second-order valence-corrected chi connectivity index (χ2v) is 2.47. The molecule has 0 atom stereocenters. The summed E-state index contributed by atoms with van der Waals surface area (Å²) in [7, 11) is 0.